The van der Waals surface area contributed by atoms with Gasteiger partial charge in [-0.25, -0.2) is 10.2 Å². The normalized spacial score (nSPS) is 19.4. The highest BCUT2D eigenvalue weighted by molar-refractivity contribution is 5.96. The Hall–Kier alpha value is -3.72. The maximum Gasteiger partial charge on any atom is 0.415 e. The van der Waals surface area contributed by atoms with Crippen molar-refractivity contribution in [3.05, 3.63) is 100 Å². The van der Waals surface area contributed by atoms with E-state index in [0.29, 0.717) is 24.4 Å². The Morgan fingerprint density at radius 2 is 1.72 bits per heavy atom. The first-order chi connectivity index (χ1) is 17.6. The van der Waals surface area contributed by atoms with E-state index >= 15 is 0 Å². The van der Waals surface area contributed by atoms with Crippen molar-refractivity contribution in [3.8, 4) is 5.75 Å². The minimum atomic E-state index is -0.351. The number of fused-ring (bicyclic) bond motifs is 2. The highest BCUT2D eigenvalue weighted by Crippen LogP contribution is 2.29. The van der Waals surface area contributed by atoms with E-state index in [1.807, 2.05) is 36.4 Å². The fourth-order valence-corrected chi connectivity index (χ4v) is 5.20. The number of amides is 2. The summed E-state index contributed by atoms with van der Waals surface area (Å²) in [6.07, 6.45) is -0.351. The van der Waals surface area contributed by atoms with Crippen LogP contribution in [0, 0.1) is 0 Å². The first-order valence-corrected chi connectivity index (χ1v) is 12.4. The average Bonchev–Trinajstić information content (AvgIpc) is 3.34. The van der Waals surface area contributed by atoms with Crippen molar-refractivity contribution in [1.29, 1.82) is 0 Å². The molecule has 3 N–H and O–H groups in total. The highest BCUT2D eigenvalue weighted by atomic mass is 16.6. The molecule has 0 spiro atoms. The van der Waals surface area contributed by atoms with Gasteiger partial charge in [0.15, 0.2) is 0 Å². The molecule has 1 unspecified atom stereocenters. The largest absolute Gasteiger partial charge is 0.415 e. The molecular weight excluding hydrogens is 454 g/mol. The number of nitrogens with zero attached hydrogens (tertiary/aromatic N) is 2. The summed E-state index contributed by atoms with van der Waals surface area (Å²) in [6, 6.07) is 21.3. The number of hydrogen-bond acceptors (Lipinski definition) is 6. The van der Waals surface area contributed by atoms with Crippen LogP contribution in [0.4, 0.5) is 4.79 Å². The highest BCUT2D eigenvalue weighted by Gasteiger charge is 2.27. The second-order valence-electron chi connectivity index (χ2n) is 9.54. The van der Waals surface area contributed by atoms with Crippen LogP contribution in [-0.2, 0) is 19.6 Å². The van der Waals surface area contributed by atoms with Crippen LogP contribution in [0.5, 0.6) is 5.75 Å². The van der Waals surface area contributed by atoms with Gasteiger partial charge in [-0.1, -0.05) is 48.5 Å². The third-order valence-electron chi connectivity index (χ3n) is 7.13. The Balaban J connectivity index is 1.09. The van der Waals surface area contributed by atoms with E-state index in [2.05, 4.69) is 39.3 Å². The number of carbonyl (C=O) groups is 2. The number of benzene rings is 3. The molecule has 0 bridgehead atoms. The molecule has 3 aromatic rings. The van der Waals surface area contributed by atoms with Crippen LogP contribution in [0.25, 0.3) is 0 Å². The van der Waals surface area contributed by atoms with Crippen molar-refractivity contribution < 1.29 is 14.3 Å². The predicted molar refractivity (Wildman–Crippen MR) is 135 cm³/mol. The zero-order valence-electron chi connectivity index (χ0n) is 20.0. The number of hydrazine groups is 1. The molecule has 1 saturated heterocycles. The maximum absolute atomic E-state index is 12.9. The van der Waals surface area contributed by atoms with Crippen LogP contribution in [0.15, 0.2) is 66.7 Å². The molecule has 8 nitrogen and oxygen atoms in total. The summed E-state index contributed by atoms with van der Waals surface area (Å²) in [7, 11) is 0. The minimum absolute atomic E-state index is 0.144. The average molecular weight is 484 g/mol. The molecule has 8 heteroatoms. The van der Waals surface area contributed by atoms with Crippen LogP contribution < -0.4 is 20.9 Å². The Kier molecular flexibility index (Phi) is 6.14. The summed E-state index contributed by atoms with van der Waals surface area (Å²) in [6.45, 7) is 6.25. The number of rotatable bonds is 4. The molecule has 3 heterocycles. The van der Waals surface area contributed by atoms with Crippen LogP contribution in [0.3, 0.4) is 0 Å². The van der Waals surface area contributed by atoms with Crippen molar-refractivity contribution in [2.75, 3.05) is 26.2 Å². The molecule has 0 saturated carbocycles. The molecule has 3 aliphatic rings. The molecule has 0 aliphatic carbocycles. The fourth-order valence-electron chi connectivity index (χ4n) is 5.20. The van der Waals surface area contributed by atoms with Crippen molar-refractivity contribution in [2.45, 2.75) is 25.7 Å². The maximum atomic E-state index is 12.9. The Morgan fingerprint density at radius 3 is 2.56 bits per heavy atom. The summed E-state index contributed by atoms with van der Waals surface area (Å²) < 4.78 is 5.69. The molecule has 2 amide bonds. The first kappa shape index (κ1) is 22.7. The molecule has 1 atom stereocenters. The van der Waals surface area contributed by atoms with Gasteiger partial charge in [-0.05, 0) is 46.0 Å². The summed E-state index contributed by atoms with van der Waals surface area (Å²) in [5.41, 5.74) is 12.0. The lowest BCUT2D eigenvalue weighted by atomic mass is 9.93. The van der Waals surface area contributed by atoms with Gasteiger partial charge in [-0.3, -0.25) is 20.0 Å². The lowest BCUT2D eigenvalue weighted by molar-refractivity contribution is 0.0913. The van der Waals surface area contributed by atoms with Gasteiger partial charge in [-0.2, -0.15) is 0 Å². The predicted octanol–water partition coefficient (Wildman–Crippen LogP) is 2.94. The molecule has 184 valence electrons. The Bertz CT molecular complexity index is 1290. The van der Waals surface area contributed by atoms with Gasteiger partial charge in [0.1, 0.15) is 5.75 Å². The van der Waals surface area contributed by atoms with Crippen molar-refractivity contribution in [2.24, 2.45) is 0 Å². The van der Waals surface area contributed by atoms with E-state index < -0.39 is 0 Å². The van der Waals surface area contributed by atoms with Gasteiger partial charge in [0, 0.05) is 51.4 Å². The third-order valence-corrected chi connectivity index (χ3v) is 7.13. The number of ether oxygens (including phenoxy) is 1. The molecule has 36 heavy (non-hydrogen) atoms. The number of carbonyl (C=O) groups excluding carboxylic acids is 2. The van der Waals surface area contributed by atoms with E-state index in [0.717, 1.165) is 43.9 Å². The second-order valence-corrected chi connectivity index (χ2v) is 9.54. The topological polar surface area (TPSA) is 85.9 Å². The molecule has 3 aliphatic heterocycles. The van der Waals surface area contributed by atoms with Gasteiger partial charge in [-0.15, -0.1) is 0 Å². The van der Waals surface area contributed by atoms with E-state index in [-0.39, 0.29) is 18.0 Å². The quantitative estimate of drug-likeness (QED) is 0.529. The van der Waals surface area contributed by atoms with Gasteiger partial charge in [0.2, 0.25) is 0 Å². The molecule has 0 radical (unpaired) electrons. The minimum Gasteiger partial charge on any atom is -0.410 e. The lowest BCUT2D eigenvalue weighted by Gasteiger charge is -2.27. The molecule has 0 aromatic heterocycles. The summed E-state index contributed by atoms with van der Waals surface area (Å²) in [5, 5.41) is 3.39. The van der Waals surface area contributed by atoms with Crippen molar-refractivity contribution >= 4 is 12.0 Å². The van der Waals surface area contributed by atoms with Crippen LogP contribution >= 0.6 is 0 Å². The SMILES string of the molecule is O=C1NNC(c2ccc(OC(=O)N3Cc4ccc(CN5CCNCC5)cc4C3)cc2)c2ccccc21. The summed E-state index contributed by atoms with van der Waals surface area (Å²) in [5.74, 6) is 0.349. The monoisotopic (exact) mass is 483 g/mol. The zero-order valence-corrected chi connectivity index (χ0v) is 20.0. The number of nitrogens with one attached hydrogen (secondary N) is 3. The van der Waals surface area contributed by atoms with E-state index in [1.54, 1.807) is 17.0 Å². The van der Waals surface area contributed by atoms with Crippen molar-refractivity contribution in [3.63, 3.8) is 0 Å². The van der Waals surface area contributed by atoms with E-state index in [4.69, 9.17) is 4.74 Å². The van der Waals surface area contributed by atoms with Crippen LogP contribution in [0.1, 0.15) is 44.2 Å². The Morgan fingerprint density at radius 1 is 0.944 bits per heavy atom. The fraction of sp³-hybridized carbons (Fsp3) is 0.286. The van der Waals surface area contributed by atoms with E-state index in [1.165, 1.54) is 16.7 Å². The first-order valence-electron chi connectivity index (χ1n) is 12.4. The smallest absolute Gasteiger partial charge is 0.410 e. The standard InChI is InChI=1S/C28H29N5O3/c34-27-25-4-2-1-3-24(25)26(30-31-27)20-7-9-23(10-8-20)36-28(35)33-17-21-6-5-19(15-22(21)18-33)16-32-13-11-29-12-14-32/h1-10,15,26,29-30H,11-14,16-18H2,(H,31,34). The summed E-state index contributed by atoms with van der Waals surface area (Å²) in [4.78, 5) is 29.2. The molecular formula is C28H29N5O3. The van der Waals surface area contributed by atoms with Gasteiger partial charge >= 0.3 is 6.09 Å². The Labute approximate surface area is 210 Å². The lowest BCUT2D eigenvalue weighted by Crippen LogP contribution is -2.45. The van der Waals surface area contributed by atoms with E-state index in [9.17, 15) is 9.59 Å². The molecule has 3 aromatic carbocycles. The van der Waals surface area contributed by atoms with Crippen LogP contribution in [-0.4, -0.2) is 48.0 Å². The van der Waals surface area contributed by atoms with Gasteiger partial charge < -0.3 is 10.1 Å². The van der Waals surface area contributed by atoms with Crippen LogP contribution in [0.2, 0.25) is 0 Å². The van der Waals surface area contributed by atoms with Crippen molar-refractivity contribution in [1.82, 2.24) is 26.0 Å². The number of hydrogen-bond donors (Lipinski definition) is 3. The number of piperazine rings is 1. The van der Waals surface area contributed by atoms with Gasteiger partial charge in [0.25, 0.3) is 5.91 Å². The zero-order chi connectivity index (χ0) is 24.5. The van der Waals surface area contributed by atoms with Gasteiger partial charge in [0.05, 0.1) is 6.04 Å². The molecule has 1 fully saturated rings. The second kappa shape index (κ2) is 9.73. The molecule has 6 rings (SSSR count). The third kappa shape index (κ3) is 4.58. The summed E-state index contributed by atoms with van der Waals surface area (Å²) >= 11 is 0.